The summed E-state index contributed by atoms with van der Waals surface area (Å²) in [4.78, 5) is 3.45. The van der Waals surface area contributed by atoms with Crippen LogP contribution in [0.15, 0.2) is 40.6 Å². The van der Waals surface area contributed by atoms with Crippen molar-refractivity contribution in [1.82, 2.24) is 4.72 Å². The number of sulfonamides is 1. The summed E-state index contributed by atoms with van der Waals surface area (Å²) in [5.41, 5.74) is 2.20. The van der Waals surface area contributed by atoms with Gasteiger partial charge in [-0.25, -0.2) is 13.1 Å². The lowest BCUT2D eigenvalue weighted by atomic mass is 10.2. The summed E-state index contributed by atoms with van der Waals surface area (Å²) < 4.78 is 27.7. The lowest BCUT2D eigenvalue weighted by Gasteiger charge is -2.17. The summed E-state index contributed by atoms with van der Waals surface area (Å²) in [5, 5.41) is 0. The molecule has 0 radical (unpaired) electrons. The summed E-state index contributed by atoms with van der Waals surface area (Å²) >= 11 is 1.34. The Morgan fingerprint density at radius 1 is 1.09 bits per heavy atom. The Hall–Kier alpha value is -1.37. The molecule has 0 unspecified atom stereocenters. The Kier molecular flexibility index (Phi) is 5.04. The van der Waals surface area contributed by atoms with Crippen molar-refractivity contribution in [2.24, 2.45) is 0 Å². The maximum absolute atomic E-state index is 12.3. The zero-order valence-electron chi connectivity index (χ0n) is 13.3. The van der Waals surface area contributed by atoms with E-state index in [9.17, 15) is 8.42 Å². The van der Waals surface area contributed by atoms with Gasteiger partial charge in [-0.1, -0.05) is 19.1 Å². The zero-order valence-corrected chi connectivity index (χ0v) is 14.9. The molecular formula is C17H22N2O2S2. The van der Waals surface area contributed by atoms with Gasteiger partial charge in [-0.3, -0.25) is 0 Å². The van der Waals surface area contributed by atoms with Crippen LogP contribution in [0.2, 0.25) is 0 Å². The molecule has 3 rings (SSSR count). The van der Waals surface area contributed by atoms with E-state index < -0.39 is 10.0 Å². The second-order valence-corrected chi connectivity index (χ2v) is 8.92. The highest BCUT2D eigenvalue weighted by Gasteiger charge is 2.16. The standard InChI is InChI=1S/C17H22N2O2S2/c1-2-16-9-10-17(22-16)23(20,21)18-13-14-5-7-15(8-6-14)19-11-3-4-12-19/h5-10,18H,2-4,11-13H2,1H3. The monoisotopic (exact) mass is 350 g/mol. The first-order chi connectivity index (χ1) is 11.1. The molecule has 2 aromatic rings. The Morgan fingerprint density at radius 3 is 2.39 bits per heavy atom. The molecule has 0 bridgehead atoms. The van der Waals surface area contributed by atoms with Gasteiger partial charge >= 0.3 is 0 Å². The van der Waals surface area contributed by atoms with E-state index in [1.165, 1.54) is 29.9 Å². The van der Waals surface area contributed by atoms with E-state index in [2.05, 4.69) is 21.8 Å². The zero-order chi connectivity index (χ0) is 16.3. The molecule has 0 aliphatic carbocycles. The van der Waals surface area contributed by atoms with Crippen molar-refractivity contribution < 1.29 is 8.42 Å². The van der Waals surface area contributed by atoms with Gasteiger partial charge in [0, 0.05) is 30.2 Å². The number of benzene rings is 1. The van der Waals surface area contributed by atoms with Gasteiger partial charge in [0.25, 0.3) is 0 Å². The molecule has 23 heavy (non-hydrogen) atoms. The van der Waals surface area contributed by atoms with Crippen LogP contribution in [0.5, 0.6) is 0 Å². The molecule has 1 aliphatic heterocycles. The average Bonchev–Trinajstić information content (AvgIpc) is 3.25. The van der Waals surface area contributed by atoms with Gasteiger partial charge in [0.05, 0.1) is 0 Å². The highest BCUT2D eigenvalue weighted by atomic mass is 32.2. The Morgan fingerprint density at radius 2 is 1.78 bits per heavy atom. The molecule has 0 atom stereocenters. The number of anilines is 1. The minimum Gasteiger partial charge on any atom is -0.372 e. The Bertz CT molecular complexity index is 745. The number of hydrogen-bond donors (Lipinski definition) is 1. The first kappa shape index (κ1) is 16.5. The number of nitrogens with one attached hydrogen (secondary N) is 1. The quantitative estimate of drug-likeness (QED) is 0.869. The third kappa shape index (κ3) is 3.94. The molecule has 0 spiro atoms. The van der Waals surface area contributed by atoms with Crippen molar-refractivity contribution in [2.75, 3.05) is 18.0 Å². The smallest absolute Gasteiger partial charge is 0.250 e. The van der Waals surface area contributed by atoms with Crippen LogP contribution in [0.4, 0.5) is 5.69 Å². The van der Waals surface area contributed by atoms with Crippen molar-refractivity contribution in [3.05, 3.63) is 46.8 Å². The normalized spacial score (nSPS) is 15.3. The van der Waals surface area contributed by atoms with E-state index in [1.807, 2.05) is 25.1 Å². The maximum Gasteiger partial charge on any atom is 0.250 e. The van der Waals surface area contributed by atoms with Crippen molar-refractivity contribution >= 4 is 27.0 Å². The van der Waals surface area contributed by atoms with Crippen molar-refractivity contribution in [2.45, 2.75) is 36.9 Å². The molecule has 1 aromatic heterocycles. The molecular weight excluding hydrogens is 328 g/mol. The molecule has 124 valence electrons. The largest absolute Gasteiger partial charge is 0.372 e. The van der Waals surface area contributed by atoms with E-state index >= 15 is 0 Å². The third-order valence-corrected chi connectivity index (χ3v) is 7.25. The predicted molar refractivity (Wildman–Crippen MR) is 95.6 cm³/mol. The number of hydrogen-bond acceptors (Lipinski definition) is 4. The second-order valence-electron chi connectivity index (χ2n) is 5.76. The van der Waals surface area contributed by atoms with Crippen LogP contribution in [0.25, 0.3) is 0 Å². The Labute approximate surface area is 142 Å². The first-order valence-corrected chi connectivity index (χ1v) is 10.3. The molecule has 1 saturated heterocycles. The van der Waals surface area contributed by atoms with E-state index in [4.69, 9.17) is 0 Å². The van der Waals surface area contributed by atoms with E-state index in [0.29, 0.717) is 10.8 Å². The van der Waals surface area contributed by atoms with Gasteiger partial charge in [-0.15, -0.1) is 11.3 Å². The number of rotatable bonds is 6. The minimum atomic E-state index is -3.42. The summed E-state index contributed by atoms with van der Waals surface area (Å²) in [6.07, 6.45) is 3.36. The minimum absolute atomic E-state index is 0.321. The van der Waals surface area contributed by atoms with Gasteiger partial charge in [0.1, 0.15) is 4.21 Å². The highest BCUT2D eigenvalue weighted by molar-refractivity contribution is 7.91. The van der Waals surface area contributed by atoms with E-state index in [-0.39, 0.29) is 0 Å². The van der Waals surface area contributed by atoms with Gasteiger partial charge in [-0.05, 0) is 49.1 Å². The highest BCUT2D eigenvalue weighted by Crippen LogP contribution is 2.23. The topological polar surface area (TPSA) is 49.4 Å². The van der Waals surface area contributed by atoms with Crippen LogP contribution in [-0.4, -0.2) is 21.5 Å². The third-order valence-electron chi connectivity index (χ3n) is 4.12. The van der Waals surface area contributed by atoms with Gasteiger partial charge in [0.2, 0.25) is 10.0 Å². The second kappa shape index (κ2) is 7.03. The summed E-state index contributed by atoms with van der Waals surface area (Å²) in [6.45, 7) is 4.58. The molecule has 1 aliphatic rings. The molecule has 1 aromatic carbocycles. The van der Waals surface area contributed by atoms with Crippen LogP contribution in [-0.2, 0) is 23.0 Å². The van der Waals surface area contributed by atoms with Crippen LogP contribution in [0.3, 0.4) is 0 Å². The predicted octanol–water partition coefficient (Wildman–Crippen LogP) is 3.39. The van der Waals surface area contributed by atoms with Crippen LogP contribution in [0.1, 0.15) is 30.2 Å². The number of nitrogens with zero attached hydrogens (tertiary/aromatic N) is 1. The number of thiophene rings is 1. The fraction of sp³-hybridized carbons (Fsp3) is 0.412. The fourth-order valence-corrected chi connectivity index (χ4v) is 5.10. The van der Waals surface area contributed by atoms with Crippen LogP contribution in [0, 0.1) is 0 Å². The molecule has 1 fully saturated rings. The van der Waals surface area contributed by atoms with Crippen molar-refractivity contribution in [3.63, 3.8) is 0 Å². The van der Waals surface area contributed by atoms with Gasteiger partial charge in [0.15, 0.2) is 0 Å². The van der Waals surface area contributed by atoms with Crippen LogP contribution < -0.4 is 9.62 Å². The molecule has 0 amide bonds. The lowest BCUT2D eigenvalue weighted by molar-refractivity contribution is 0.583. The molecule has 0 saturated carbocycles. The fourth-order valence-electron chi connectivity index (χ4n) is 2.74. The maximum atomic E-state index is 12.3. The average molecular weight is 351 g/mol. The summed E-state index contributed by atoms with van der Waals surface area (Å²) in [7, 11) is -3.42. The molecule has 1 N–H and O–H groups in total. The molecule has 2 heterocycles. The molecule has 4 nitrogen and oxygen atoms in total. The summed E-state index contributed by atoms with van der Waals surface area (Å²) in [6, 6.07) is 11.7. The van der Waals surface area contributed by atoms with E-state index in [1.54, 1.807) is 6.07 Å². The summed E-state index contributed by atoms with van der Waals surface area (Å²) in [5.74, 6) is 0. The van der Waals surface area contributed by atoms with Crippen LogP contribution >= 0.6 is 11.3 Å². The van der Waals surface area contributed by atoms with E-state index in [0.717, 1.165) is 30.0 Å². The molecule has 6 heteroatoms. The lowest BCUT2D eigenvalue weighted by Crippen LogP contribution is -2.22. The van der Waals surface area contributed by atoms with Gasteiger partial charge in [-0.2, -0.15) is 0 Å². The number of aryl methyl sites for hydroxylation is 1. The Balaban J connectivity index is 1.63. The van der Waals surface area contributed by atoms with Gasteiger partial charge < -0.3 is 4.90 Å². The SMILES string of the molecule is CCc1ccc(S(=O)(=O)NCc2ccc(N3CCCC3)cc2)s1. The van der Waals surface area contributed by atoms with Crippen molar-refractivity contribution in [3.8, 4) is 0 Å². The first-order valence-electron chi connectivity index (χ1n) is 8.01. The van der Waals surface area contributed by atoms with Crippen molar-refractivity contribution in [1.29, 1.82) is 0 Å².